The minimum atomic E-state index is -0.255. The van der Waals surface area contributed by atoms with E-state index in [-0.39, 0.29) is 6.03 Å². The zero-order valence-corrected chi connectivity index (χ0v) is 13.3. The van der Waals surface area contributed by atoms with Crippen LogP contribution in [0.5, 0.6) is 0 Å². The minimum Gasteiger partial charge on any atom is -0.358 e. The van der Waals surface area contributed by atoms with Crippen molar-refractivity contribution in [1.29, 1.82) is 0 Å². The van der Waals surface area contributed by atoms with E-state index in [2.05, 4.69) is 20.5 Å². The van der Waals surface area contributed by atoms with Gasteiger partial charge < -0.3 is 15.5 Å². The Morgan fingerprint density at radius 1 is 1.09 bits per heavy atom. The number of aliphatic imine (C=N–C) groups is 1. The highest BCUT2D eigenvalue weighted by Gasteiger charge is 2.14. The lowest BCUT2D eigenvalue weighted by Crippen LogP contribution is -2.24. The average Bonchev–Trinajstić information content (AvgIpc) is 2.93. The first kappa shape index (κ1) is 15.1. The van der Waals surface area contributed by atoms with E-state index in [1.165, 1.54) is 0 Å². The number of nitrogens with one attached hydrogen (secondary N) is 2. The van der Waals surface area contributed by atoms with E-state index < -0.39 is 0 Å². The number of amides is 2. The first-order valence-corrected chi connectivity index (χ1v) is 7.62. The molecule has 0 saturated carbocycles. The van der Waals surface area contributed by atoms with Crippen molar-refractivity contribution >= 4 is 23.2 Å². The van der Waals surface area contributed by atoms with Crippen LogP contribution in [-0.4, -0.2) is 36.9 Å². The van der Waals surface area contributed by atoms with Crippen LogP contribution in [-0.2, 0) is 0 Å². The number of amidine groups is 1. The number of urea groups is 1. The summed E-state index contributed by atoms with van der Waals surface area (Å²) >= 11 is 0. The fourth-order valence-corrected chi connectivity index (χ4v) is 2.60. The van der Waals surface area contributed by atoms with Gasteiger partial charge >= 0.3 is 6.03 Å². The zero-order valence-electron chi connectivity index (χ0n) is 13.3. The SMILES string of the molecule is Cc1cccc(NC(=O)Nc2cccc(C3=NCCN3C)c2)c1. The summed E-state index contributed by atoms with van der Waals surface area (Å²) in [5.74, 6) is 0.966. The number of hydrogen-bond donors (Lipinski definition) is 2. The van der Waals surface area contributed by atoms with Gasteiger partial charge in [0.05, 0.1) is 6.54 Å². The summed E-state index contributed by atoms with van der Waals surface area (Å²) in [5, 5.41) is 5.70. The molecule has 5 nitrogen and oxygen atoms in total. The molecule has 1 aliphatic heterocycles. The van der Waals surface area contributed by atoms with Gasteiger partial charge in [-0.15, -0.1) is 0 Å². The molecule has 0 atom stereocenters. The van der Waals surface area contributed by atoms with Crippen molar-refractivity contribution < 1.29 is 4.79 Å². The molecule has 0 radical (unpaired) electrons. The van der Waals surface area contributed by atoms with Gasteiger partial charge in [-0.2, -0.15) is 0 Å². The van der Waals surface area contributed by atoms with E-state index in [0.29, 0.717) is 0 Å². The maximum Gasteiger partial charge on any atom is 0.323 e. The molecule has 1 heterocycles. The van der Waals surface area contributed by atoms with Gasteiger partial charge in [-0.3, -0.25) is 4.99 Å². The molecule has 0 fully saturated rings. The van der Waals surface area contributed by atoms with Crippen molar-refractivity contribution in [3.63, 3.8) is 0 Å². The summed E-state index contributed by atoms with van der Waals surface area (Å²) in [4.78, 5) is 18.7. The molecule has 1 aliphatic rings. The van der Waals surface area contributed by atoms with Crippen LogP contribution in [0.3, 0.4) is 0 Å². The molecule has 3 rings (SSSR count). The van der Waals surface area contributed by atoms with E-state index in [1.54, 1.807) is 0 Å². The van der Waals surface area contributed by atoms with Crippen LogP contribution in [0.25, 0.3) is 0 Å². The second-order valence-electron chi connectivity index (χ2n) is 5.66. The molecule has 0 bridgehead atoms. The van der Waals surface area contributed by atoms with Crippen molar-refractivity contribution in [1.82, 2.24) is 4.90 Å². The van der Waals surface area contributed by atoms with Crippen LogP contribution in [0, 0.1) is 6.92 Å². The predicted octanol–water partition coefficient (Wildman–Crippen LogP) is 3.33. The van der Waals surface area contributed by atoms with Crippen molar-refractivity contribution in [3.8, 4) is 0 Å². The number of benzene rings is 2. The van der Waals surface area contributed by atoms with E-state index >= 15 is 0 Å². The molecule has 0 aromatic heterocycles. The van der Waals surface area contributed by atoms with Crippen molar-refractivity contribution in [2.75, 3.05) is 30.8 Å². The van der Waals surface area contributed by atoms with Crippen LogP contribution in [0.2, 0.25) is 0 Å². The average molecular weight is 308 g/mol. The Kier molecular flexibility index (Phi) is 4.28. The van der Waals surface area contributed by atoms with Crippen molar-refractivity contribution in [3.05, 3.63) is 59.7 Å². The summed E-state index contributed by atoms with van der Waals surface area (Å²) in [7, 11) is 2.02. The molecule has 2 amide bonds. The van der Waals surface area contributed by atoms with Gasteiger partial charge in [0.15, 0.2) is 0 Å². The molecular weight excluding hydrogens is 288 g/mol. The number of hydrogen-bond acceptors (Lipinski definition) is 3. The van der Waals surface area contributed by atoms with Crippen molar-refractivity contribution in [2.24, 2.45) is 4.99 Å². The standard InChI is InChI=1S/C18H20N4O/c1-13-5-3-7-15(11-13)20-18(23)21-16-8-4-6-14(12-16)17-19-9-10-22(17)2/h3-8,11-12H,9-10H2,1-2H3,(H2,20,21,23). The summed E-state index contributed by atoms with van der Waals surface area (Å²) in [6.45, 7) is 3.74. The van der Waals surface area contributed by atoms with Crippen LogP contribution >= 0.6 is 0 Å². The Balaban J connectivity index is 1.69. The highest BCUT2D eigenvalue weighted by molar-refractivity contribution is 6.03. The third-order valence-corrected chi connectivity index (χ3v) is 3.71. The van der Waals surface area contributed by atoms with Crippen LogP contribution < -0.4 is 10.6 Å². The Bertz CT molecular complexity index is 754. The molecule has 2 aromatic rings. The fraction of sp³-hybridized carbons (Fsp3) is 0.222. The van der Waals surface area contributed by atoms with E-state index in [1.807, 2.05) is 62.5 Å². The molecular formula is C18H20N4O. The minimum absolute atomic E-state index is 0.255. The maximum absolute atomic E-state index is 12.1. The smallest absolute Gasteiger partial charge is 0.323 e. The molecule has 23 heavy (non-hydrogen) atoms. The molecule has 0 spiro atoms. The Labute approximate surface area is 136 Å². The number of carbonyl (C=O) groups excluding carboxylic acids is 1. The number of likely N-dealkylation sites (N-methyl/N-ethyl adjacent to an activating group) is 1. The van der Waals surface area contributed by atoms with E-state index in [0.717, 1.165) is 41.4 Å². The van der Waals surface area contributed by atoms with Gasteiger partial charge in [0, 0.05) is 30.5 Å². The molecule has 0 saturated heterocycles. The monoisotopic (exact) mass is 308 g/mol. The molecule has 2 N–H and O–H groups in total. The lowest BCUT2D eigenvalue weighted by Gasteiger charge is -2.15. The number of anilines is 2. The Morgan fingerprint density at radius 3 is 2.43 bits per heavy atom. The second-order valence-corrected chi connectivity index (χ2v) is 5.66. The third-order valence-electron chi connectivity index (χ3n) is 3.71. The van der Waals surface area contributed by atoms with Gasteiger partial charge in [0.1, 0.15) is 5.84 Å². The highest BCUT2D eigenvalue weighted by Crippen LogP contribution is 2.16. The first-order valence-electron chi connectivity index (χ1n) is 7.62. The van der Waals surface area contributed by atoms with E-state index in [4.69, 9.17) is 0 Å². The summed E-state index contributed by atoms with van der Waals surface area (Å²) in [6, 6.07) is 15.2. The van der Waals surface area contributed by atoms with E-state index in [9.17, 15) is 4.79 Å². The summed E-state index contributed by atoms with van der Waals surface area (Å²) in [6.07, 6.45) is 0. The molecule has 2 aromatic carbocycles. The lowest BCUT2D eigenvalue weighted by molar-refractivity contribution is 0.262. The van der Waals surface area contributed by atoms with Crippen LogP contribution in [0.15, 0.2) is 53.5 Å². The van der Waals surface area contributed by atoms with Crippen LogP contribution in [0.1, 0.15) is 11.1 Å². The van der Waals surface area contributed by atoms with Crippen molar-refractivity contribution in [2.45, 2.75) is 6.92 Å². The fourth-order valence-electron chi connectivity index (χ4n) is 2.60. The summed E-state index contributed by atoms with van der Waals surface area (Å²) < 4.78 is 0. The number of nitrogens with zero attached hydrogens (tertiary/aromatic N) is 2. The van der Waals surface area contributed by atoms with Gasteiger partial charge in [0.2, 0.25) is 0 Å². The lowest BCUT2D eigenvalue weighted by atomic mass is 10.1. The number of rotatable bonds is 3. The second kappa shape index (κ2) is 6.52. The maximum atomic E-state index is 12.1. The quantitative estimate of drug-likeness (QED) is 0.914. The molecule has 118 valence electrons. The van der Waals surface area contributed by atoms with Gasteiger partial charge in [-0.05, 0) is 36.8 Å². The predicted molar refractivity (Wildman–Crippen MR) is 94.3 cm³/mol. The molecule has 0 unspecified atom stereocenters. The molecule has 0 aliphatic carbocycles. The van der Waals surface area contributed by atoms with Gasteiger partial charge in [0.25, 0.3) is 0 Å². The largest absolute Gasteiger partial charge is 0.358 e. The Hall–Kier alpha value is -2.82. The van der Waals surface area contributed by atoms with Gasteiger partial charge in [-0.25, -0.2) is 4.79 Å². The third kappa shape index (κ3) is 3.69. The summed E-state index contributed by atoms with van der Waals surface area (Å²) in [5.41, 5.74) is 3.64. The highest BCUT2D eigenvalue weighted by atomic mass is 16.2. The number of aryl methyl sites for hydroxylation is 1. The van der Waals surface area contributed by atoms with Crippen LogP contribution in [0.4, 0.5) is 16.2 Å². The molecule has 5 heteroatoms. The van der Waals surface area contributed by atoms with Gasteiger partial charge in [-0.1, -0.05) is 24.3 Å². The zero-order chi connectivity index (χ0) is 16.2. The topological polar surface area (TPSA) is 56.7 Å². The normalized spacial score (nSPS) is 13.7. The number of carbonyl (C=O) groups is 1. The first-order chi connectivity index (χ1) is 11.1. The Morgan fingerprint density at radius 2 is 1.78 bits per heavy atom.